The summed E-state index contributed by atoms with van der Waals surface area (Å²) in [5, 5.41) is 0.0879. The van der Waals surface area contributed by atoms with Crippen LogP contribution in [0, 0.1) is 0 Å². The molecule has 0 fully saturated rings. The fourth-order valence-electron chi connectivity index (χ4n) is 2.50. The minimum absolute atomic E-state index is 0.113. The SMILES string of the molecule is COC(=O)c1cc(OC)cc(C(=O)ON2C(=O)c3ccccc3C2=O)c1Cl. The molecule has 0 N–H and O–H groups in total. The zero-order valence-corrected chi connectivity index (χ0v) is 14.9. The number of benzene rings is 2. The van der Waals surface area contributed by atoms with Crippen LogP contribution in [0.25, 0.3) is 0 Å². The van der Waals surface area contributed by atoms with Gasteiger partial charge in [-0.2, -0.15) is 0 Å². The first-order valence-corrected chi connectivity index (χ1v) is 7.92. The number of hydrogen-bond donors (Lipinski definition) is 0. The number of esters is 1. The molecule has 0 spiro atoms. The van der Waals surface area contributed by atoms with Gasteiger partial charge in [0, 0.05) is 0 Å². The number of rotatable bonds is 4. The van der Waals surface area contributed by atoms with Crippen LogP contribution in [0.4, 0.5) is 0 Å². The Labute approximate surface area is 158 Å². The Kier molecular flexibility index (Phi) is 4.83. The number of hydroxylamine groups is 2. The molecule has 3 rings (SSSR count). The molecule has 1 aliphatic heterocycles. The number of imide groups is 1. The lowest BCUT2D eigenvalue weighted by Gasteiger charge is -2.15. The predicted molar refractivity (Wildman–Crippen MR) is 91.7 cm³/mol. The van der Waals surface area contributed by atoms with Crippen molar-refractivity contribution in [1.82, 2.24) is 5.06 Å². The summed E-state index contributed by atoms with van der Waals surface area (Å²) in [5.41, 5.74) is -0.176. The third kappa shape index (κ3) is 3.11. The summed E-state index contributed by atoms with van der Waals surface area (Å²) in [6, 6.07) is 8.55. The second kappa shape index (κ2) is 7.08. The van der Waals surface area contributed by atoms with Crippen molar-refractivity contribution in [3.63, 3.8) is 0 Å². The zero-order chi connectivity index (χ0) is 19.7. The fourth-order valence-corrected chi connectivity index (χ4v) is 2.77. The summed E-state index contributed by atoms with van der Waals surface area (Å²) in [6.07, 6.45) is 0. The highest BCUT2D eigenvalue weighted by Crippen LogP contribution is 2.30. The van der Waals surface area contributed by atoms with Crippen LogP contribution in [0.3, 0.4) is 0 Å². The molecule has 2 amide bonds. The van der Waals surface area contributed by atoms with Gasteiger partial charge in [0.05, 0.1) is 41.5 Å². The lowest BCUT2D eigenvalue weighted by atomic mass is 10.1. The molecule has 9 heteroatoms. The molecular formula is C18H12ClNO7. The maximum atomic E-state index is 12.5. The van der Waals surface area contributed by atoms with Crippen LogP contribution in [-0.2, 0) is 9.57 Å². The number of amides is 2. The number of carbonyl (C=O) groups is 4. The highest BCUT2D eigenvalue weighted by Gasteiger charge is 2.39. The van der Waals surface area contributed by atoms with Crippen LogP contribution in [0.1, 0.15) is 41.4 Å². The third-order valence-corrected chi connectivity index (χ3v) is 4.25. The van der Waals surface area contributed by atoms with Crippen LogP contribution >= 0.6 is 11.6 Å². The number of nitrogens with zero attached hydrogens (tertiary/aromatic N) is 1. The van der Waals surface area contributed by atoms with Gasteiger partial charge in [0.15, 0.2) is 0 Å². The normalized spacial score (nSPS) is 12.6. The lowest BCUT2D eigenvalue weighted by molar-refractivity contribution is -0.0584. The molecule has 138 valence electrons. The maximum Gasteiger partial charge on any atom is 0.365 e. The minimum Gasteiger partial charge on any atom is -0.497 e. The van der Waals surface area contributed by atoms with E-state index >= 15 is 0 Å². The molecule has 0 aromatic heterocycles. The van der Waals surface area contributed by atoms with E-state index < -0.39 is 23.8 Å². The average molecular weight is 390 g/mol. The molecule has 0 aliphatic carbocycles. The van der Waals surface area contributed by atoms with Crippen molar-refractivity contribution in [1.29, 1.82) is 0 Å². The Balaban J connectivity index is 1.95. The predicted octanol–water partition coefficient (Wildman–Crippen LogP) is 2.50. The molecule has 1 heterocycles. The number of hydrogen-bond acceptors (Lipinski definition) is 7. The molecule has 2 aromatic carbocycles. The first kappa shape index (κ1) is 18.4. The van der Waals surface area contributed by atoms with E-state index in [1.807, 2.05) is 0 Å². The van der Waals surface area contributed by atoms with Crippen molar-refractivity contribution in [3.8, 4) is 5.75 Å². The maximum absolute atomic E-state index is 12.5. The number of carbonyl (C=O) groups excluding carboxylic acids is 4. The van der Waals surface area contributed by atoms with E-state index in [0.29, 0.717) is 5.06 Å². The summed E-state index contributed by atoms with van der Waals surface area (Å²) < 4.78 is 9.65. The van der Waals surface area contributed by atoms with Crippen molar-refractivity contribution >= 4 is 35.4 Å². The largest absolute Gasteiger partial charge is 0.497 e. The summed E-state index contributed by atoms with van der Waals surface area (Å²) in [4.78, 5) is 53.9. The van der Waals surface area contributed by atoms with E-state index in [-0.39, 0.29) is 33.0 Å². The number of fused-ring (bicyclic) bond motifs is 1. The zero-order valence-electron chi connectivity index (χ0n) is 14.1. The van der Waals surface area contributed by atoms with Crippen LogP contribution in [0.15, 0.2) is 36.4 Å². The lowest BCUT2D eigenvalue weighted by Crippen LogP contribution is -2.32. The van der Waals surface area contributed by atoms with E-state index in [1.54, 1.807) is 12.1 Å². The molecular weight excluding hydrogens is 378 g/mol. The van der Waals surface area contributed by atoms with Crippen molar-refractivity contribution in [2.24, 2.45) is 0 Å². The van der Waals surface area contributed by atoms with Gasteiger partial charge < -0.3 is 14.3 Å². The molecule has 0 saturated carbocycles. The molecule has 8 nitrogen and oxygen atoms in total. The number of methoxy groups -OCH3 is 2. The molecule has 0 unspecified atom stereocenters. The molecule has 1 aliphatic rings. The highest BCUT2D eigenvalue weighted by molar-refractivity contribution is 6.36. The van der Waals surface area contributed by atoms with Gasteiger partial charge >= 0.3 is 11.9 Å². The van der Waals surface area contributed by atoms with Crippen LogP contribution in [0.2, 0.25) is 5.02 Å². The van der Waals surface area contributed by atoms with Crippen molar-refractivity contribution in [2.75, 3.05) is 14.2 Å². The van der Waals surface area contributed by atoms with Gasteiger partial charge in [0.2, 0.25) is 0 Å². The highest BCUT2D eigenvalue weighted by atomic mass is 35.5. The number of halogens is 1. The molecule has 2 aromatic rings. The first-order valence-electron chi connectivity index (χ1n) is 7.55. The van der Waals surface area contributed by atoms with Gasteiger partial charge in [-0.3, -0.25) is 9.59 Å². The molecule has 27 heavy (non-hydrogen) atoms. The van der Waals surface area contributed by atoms with Crippen molar-refractivity contribution in [2.45, 2.75) is 0 Å². The average Bonchev–Trinajstić information content (AvgIpc) is 2.92. The Hall–Kier alpha value is -3.39. The fraction of sp³-hybridized carbons (Fsp3) is 0.111. The Morgan fingerprint density at radius 3 is 1.93 bits per heavy atom. The van der Waals surface area contributed by atoms with E-state index in [2.05, 4.69) is 4.74 Å². The Morgan fingerprint density at radius 1 is 0.926 bits per heavy atom. The third-order valence-electron chi connectivity index (χ3n) is 3.84. The van der Waals surface area contributed by atoms with Gasteiger partial charge in [-0.1, -0.05) is 28.8 Å². The summed E-state index contributed by atoms with van der Waals surface area (Å²) in [6.45, 7) is 0. The van der Waals surface area contributed by atoms with Crippen LogP contribution < -0.4 is 4.74 Å². The van der Waals surface area contributed by atoms with Gasteiger partial charge in [-0.15, -0.1) is 0 Å². The van der Waals surface area contributed by atoms with E-state index in [4.69, 9.17) is 21.2 Å². The molecule has 0 atom stereocenters. The first-order chi connectivity index (χ1) is 12.9. The van der Waals surface area contributed by atoms with Gasteiger partial charge in [0.25, 0.3) is 11.8 Å². The Bertz CT molecular complexity index is 951. The van der Waals surface area contributed by atoms with Gasteiger partial charge in [-0.25, -0.2) is 9.59 Å². The van der Waals surface area contributed by atoms with E-state index in [9.17, 15) is 19.2 Å². The van der Waals surface area contributed by atoms with E-state index in [1.165, 1.54) is 31.4 Å². The monoisotopic (exact) mass is 389 g/mol. The second-order valence-electron chi connectivity index (χ2n) is 5.36. The minimum atomic E-state index is -1.11. The van der Waals surface area contributed by atoms with Gasteiger partial charge in [-0.05, 0) is 24.3 Å². The topological polar surface area (TPSA) is 99.2 Å². The van der Waals surface area contributed by atoms with E-state index in [0.717, 1.165) is 7.11 Å². The quantitative estimate of drug-likeness (QED) is 0.585. The van der Waals surface area contributed by atoms with Gasteiger partial charge in [0.1, 0.15) is 5.75 Å². The van der Waals surface area contributed by atoms with Crippen molar-refractivity contribution in [3.05, 3.63) is 63.7 Å². The molecule has 0 radical (unpaired) electrons. The summed E-state index contributed by atoms with van der Waals surface area (Å²) in [7, 11) is 2.47. The Morgan fingerprint density at radius 2 is 1.44 bits per heavy atom. The second-order valence-corrected chi connectivity index (χ2v) is 5.74. The van der Waals surface area contributed by atoms with Crippen LogP contribution in [0.5, 0.6) is 5.75 Å². The van der Waals surface area contributed by atoms with Crippen molar-refractivity contribution < 1.29 is 33.5 Å². The molecule has 0 bridgehead atoms. The van der Waals surface area contributed by atoms with Crippen LogP contribution in [-0.4, -0.2) is 43.0 Å². The molecule has 0 saturated heterocycles. The smallest absolute Gasteiger partial charge is 0.365 e. The summed E-state index contributed by atoms with van der Waals surface area (Å²) in [5.74, 6) is -3.34. The number of ether oxygens (including phenoxy) is 2. The summed E-state index contributed by atoms with van der Waals surface area (Å²) >= 11 is 6.11. The standard InChI is InChI=1S/C18H12ClNO7/c1-25-9-7-12(17(23)26-2)14(19)13(8-9)18(24)27-20-15(21)10-5-3-4-6-11(10)16(20)22/h3-8H,1-2H3.